The molecule has 24 heavy (non-hydrogen) atoms. The minimum absolute atomic E-state index is 0. The van der Waals surface area contributed by atoms with E-state index in [0.29, 0.717) is 17.1 Å². The Morgan fingerprint density at radius 1 is 1.17 bits per heavy atom. The summed E-state index contributed by atoms with van der Waals surface area (Å²) in [7, 11) is 0. The maximum Gasteiger partial charge on any atom is 1.00 e. The fourth-order valence-electron chi connectivity index (χ4n) is 2.09. The third-order valence-electron chi connectivity index (χ3n) is 3.17. The Bertz CT molecular complexity index is 772. The van der Waals surface area contributed by atoms with Gasteiger partial charge in [0, 0.05) is 17.2 Å². The Balaban J connectivity index is 0.00000144. The molecule has 1 aromatic heterocycles. The molecular weight excluding hydrogens is 352 g/mol. The number of carbonyl (C=O) groups is 2. The van der Waals surface area contributed by atoms with Gasteiger partial charge in [-0.05, 0) is 17.7 Å². The maximum absolute atomic E-state index is 11.5. The number of rotatable bonds is 4. The number of nitrogens with zero attached hydrogens (tertiary/aromatic N) is 1. The average Bonchev–Trinajstić information content (AvgIpc) is 3.06. The molecule has 9 heteroatoms. The molecule has 1 aliphatic rings. The van der Waals surface area contributed by atoms with Crippen LogP contribution < -0.4 is 69.3 Å². The standard InChI is InChI=1S/C15H11NO5S.2Na/c17-13-12(22-15(20)16-13)7-10-5-6-11(21-10)8-1-3-9(4-2-8)14(18)19;;/h1-6,12H,7H2,(H,18,19)(H,16,17,20);;/q;2*+1/p-2. The number of carboxylic acid groups (broad SMARTS) is 1. The summed E-state index contributed by atoms with van der Waals surface area (Å²) in [4.78, 5) is 25.5. The quantitative estimate of drug-likeness (QED) is 0.503. The van der Waals surface area contributed by atoms with Crippen molar-refractivity contribution in [3.63, 3.8) is 0 Å². The second-order valence-corrected chi connectivity index (χ2v) is 5.81. The van der Waals surface area contributed by atoms with Crippen LogP contribution in [0.4, 0.5) is 0 Å². The predicted octanol–water partition coefficient (Wildman–Crippen LogP) is -5.78. The summed E-state index contributed by atoms with van der Waals surface area (Å²) in [5, 5.41) is 20.8. The molecule has 0 saturated carbocycles. The number of furan rings is 1. The zero-order valence-electron chi connectivity index (χ0n) is 13.1. The van der Waals surface area contributed by atoms with Gasteiger partial charge in [0.15, 0.2) is 0 Å². The SMILES string of the molecule is O=C([O-])c1ccc(-c2ccc(CC3SC([O-])=NC3=O)o2)cc1.[Na+].[Na+]. The van der Waals surface area contributed by atoms with Crippen molar-refractivity contribution in [2.75, 3.05) is 0 Å². The van der Waals surface area contributed by atoms with Crippen molar-refractivity contribution in [2.45, 2.75) is 11.7 Å². The van der Waals surface area contributed by atoms with Gasteiger partial charge in [-0.3, -0.25) is 4.79 Å². The van der Waals surface area contributed by atoms with Gasteiger partial charge in [-0.2, -0.15) is 0 Å². The van der Waals surface area contributed by atoms with Crippen molar-refractivity contribution in [3.05, 3.63) is 47.7 Å². The Morgan fingerprint density at radius 3 is 2.38 bits per heavy atom. The van der Waals surface area contributed by atoms with Crippen molar-refractivity contribution in [1.82, 2.24) is 0 Å². The van der Waals surface area contributed by atoms with Crippen LogP contribution in [0, 0.1) is 0 Å². The van der Waals surface area contributed by atoms with Gasteiger partial charge in [0.25, 0.3) is 5.91 Å². The molecule has 112 valence electrons. The molecule has 2 aromatic rings. The number of carbonyl (C=O) groups excluding carboxylic acids is 2. The minimum atomic E-state index is -1.24. The van der Waals surface area contributed by atoms with Crippen molar-refractivity contribution >= 4 is 28.9 Å². The molecule has 6 nitrogen and oxygen atoms in total. The van der Waals surface area contributed by atoms with Gasteiger partial charge in [0.1, 0.15) is 11.5 Å². The number of hydrogen-bond donors (Lipinski definition) is 0. The molecule has 0 spiro atoms. The molecule has 1 unspecified atom stereocenters. The molecule has 1 amide bonds. The van der Waals surface area contributed by atoms with Crippen molar-refractivity contribution in [1.29, 1.82) is 0 Å². The molecular formula is C15H9NNa2O5S. The van der Waals surface area contributed by atoms with Crippen molar-refractivity contribution in [3.8, 4) is 11.3 Å². The van der Waals surface area contributed by atoms with E-state index in [1.807, 2.05) is 0 Å². The number of amides is 1. The van der Waals surface area contributed by atoms with E-state index in [-0.39, 0.29) is 71.1 Å². The Kier molecular flexibility index (Phi) is 8.28. The third kappa shape index (κ3) is 4.98. The van der Waals surface area contributed by atoms with E-state index in [1.165, 1.54) is 12.1 Å². The normalized spacial score (nSPS) is 16.1. The van der Waals surface area contributed by atoms with Gasteiger partial charge < -0.3 is 19.4 Å². The number of carboxylic acids is 1. The second-order valence-electron chi connectivity index (χ2n) is 4.66. The second kappa shape index (κ2) is 9.24. The first kappa shape index (κ1) is 21.5. The van der Waals surface area contributed by atoms with E-state index >= 15 is 0 Å². The molecule has 2 heterocycles. The van der Waals surface area contributed by atoms with Crippen molar-refractivity contribution < 1.29 is 83.3 Å². The molecule has 1 aliphatic heterocycles. The van der Waals surface area contributed by atoms with Crippen LogP contribution in [0.15, 0.2) is 45.8 Å². The van der Waals surface area contributed by atoms with Crippen molar-refractivity contribution in [2.24, 2.45) is 4.99 Å². The van der Waals surface area contributed by atoms with Gasteiger partial charge in [0.2, 0.25) is 0 Å². The molecule has 0 bridgehead atoms. The van der Waals surface area contributed by atoms with Gasteiger partial charge >= 0.3 is 59.1 Å². The number of hydrogen-bond acceptors (Lipinski definition) is 6. The van der Waals surface area contributed by atoms with Gasteiger partial charge in [-0.25, -0.2) is 4.99 Å². The fourth-order valence-corrected chi connectivity index (χ4v) is 2.87. The van der Waals surface area contributed by atoms with Crippen LogP contribution >= 0.6 is 11.8 Å². The Labute approximate surface area is 186 Å². The molecule has 0 N–H and O–H groups in total. The molecule has 1 aromatic carbocycles. The van der Waals surface area contributed by atoms with E-state index in [1.54, 1.807) is 24.3 Å². The summed E-state index contributed by atoms with van der Waals surface area (Å²) >= 11 is 0.891. The summed E-state index contributed by atoms with van der Waals surface area (Å²) in [5.74, 6) is -0.559. The first-order valence-electron chi connectivity index (χ1n) is 6.39. The van der Waals surface area contributed by atoms with Gasteiger partial charge in [0.05, 0.1) is 11.2 Å². The van der Waals surface area contributed by atoms with Crippen LogP contribution in [0.25, 0.3) is 11.3 Å². The van der Waals surface area contributed by atoms with E-state index in [9.17, 15) is 19.8 Å². The van der Waals surface area contributed by atoms with E-state index < -0.39 is 22.4 Å². The van der Waals surface area contributed by atoms with E-state index in [2.05, 4.69) is 4.99 Å². The summed E-state index contributed by atoms with van der Waals surface area (Å²) < 4.78 is 5.63. The topological polar surface area (TPSA) is 106 Å². The average molecular weight is 361 g/mol. The monoisotopic (exact) mass is 361 g/mol. The van der Waals surface area contributed by atoms with Gasteiger partial charge in [-0.1, -0.05) is 24.3 Å². The van der Waals surface area contributed by atoms with E-state index in [4.69, 9.17) is 4.42 Å². The summed E-state index contributed by atoms with van der Waals surface area (Å²) in [6, 6.07) is 9.54. The first-order chi connectivity index (χ1) is 10.5. The summed E-state index contributed by atoms with van der Waals surface area (Å²) in [6.07, 6.45) is 0.288. The molecule has 0 aliphatic carbocycles. The fraction of sp³-hybridized carbons (Fsp3) is 0.133. The molecule has 0 saturated heterocycles. The Hall–Kier alpha value is -0.540. The first-order valence-corrected chi connectivity index (χ1v) is 7.27. The van der Waals surface area contributed by atoms with Crippen LogP contribution in [0.2, 0.25) is 0 Å². The molecule has 3 rings (SSSR count). The predicted molar refractivity (Wildman–Crippen MR) is 76.0 cm³/mol. The zero-order chi connectivity index (χ0) is 15.7. The molecule has 1 atom stereocenters. The smallest absolute Gasteiger partial charge is 0.854 e. The van der Waals surface area contributed by atoms with Crippen LogP contribution in [0.3, 0.4) is 0 Å². The van der Waals surface area contributed by atoms with Crippen LogP contribution in [-0.4, -0.2) is 22.4 Å². The maximum atomic E-state index is 11.5. The Morgan fingerprint density at radius 2 is 1.83 bits per heavy atom. The summed E-state index contributed by atoms with van der Waals surface area (Å²) in [5.41, 5.74) is 0.797. The van der Waals surface area contributed by atoms with Crippen LogP contribution in [-0.2, 0) is 11.2 Å². The van der Waals surface area contributed by atoms with Gasteiger partial charge in [-0.15, -0.1) is 11.8 Å². The molecule has 0 radical (unpaired) electrons. The van der Waals surface area contributed by atoms with Crippen LogP contribution in [0.5, 0.6) is 0 Å². The number of aromatic carboxylic acids is 1. The van der Waals surface area contributed by atoms with Crippen LogP contribution in [0.1, 0.15) is 16.1 Å². The van der Waals surface area contributed by atoms with E-state index in [0.717, 1.165) is 11.8 Å². The minimum Gasteiger partial charge on any atom is -0.854 e. The third-order valence-corrected chi connectivity index (χ3v) is 4.12. The largest absolute Gasteiger partial charge is 1.00 e. The zero-order valence-corrected chi connectivity index (χ0v) is 18.0. The number of thioether (sulfide) groups is 1. The summed E-state index contributed by atoms with van der Waals surface area (Å²) in [6.45, 7) is 0. The molecule has 0 fully saturated rings. The number of benzene rings is 1. The number of aliphatic imine (C=N–C) groups is 1.